The molecular weight excluding hydrogens is 428 g/mol. The van der Waals surface area contributed by atoms with Crippen molar-refractivity contribution in [2.45, 2.75) is 13.0 Å². The SMILES string of the molecule is COc1c(C=CC(=O)CC(=O)C=Cc2ccc3cc[nH]c3c2)cccc1OCc1ccccn1. The predicted molar refractivity (Wildman–Crippen MR) is 133 cm³/mol. The average Bonchev–Trinajstić information content (AvgIpc) is 3.33. The Morgan fingerprint density at radius 2 is 1.82 bits per heavy atom. The van der Waals surface area contributed by atoms with Gasteiger partial charge in [0.1, 0.15) is 6.61 Å². The van der Waals surface area contributed by atoms with E-state index >= 15 is 0 Å². The molecule has 6 heteroatoms. The Morgan fingerprint density at radius 3 is 2.62 bits per heavy atom. The topological polar surface area (TPSA) is 81.3 Å². The van der Waals surface area contributed by atoms with Gasteiger partial charge in [-0.2, -0.15) is 0 Å². The summed E-state index contributed by atoms with van der Waals surface area (Å²) in [5.74, 6) is 0.492. The van der Waals surface area contributed by atoms with Crippen LogP contribution < -0.4 is 9.47 Å². The van der Waals surface area contributed by atoms with Gasteiger partial charge in [-0.15, -0.1) is 0 Å². The molecule has 0 spiro atoms. The van der Waals surface area contributed by atoms with E-state index in [1.807, 2.05) is 60.8 Å². The fourth-order valence-electron chi connectivity index (χ4n) is 3.46. The Hall–Kier alpha value is -4.45. The van der Waals surface area contributed by atoms with Crippen molar-refractivity contribution in [1.29, 1.82) is 0 Å². The summed E-state index contributed by atoms with van der Waals surface area (Å²) in [6.07, 6.45) is 9.52. The van der Waals surface area contributed by atoms with Crippen molar-refractivity contribution in [3.05, 3.63) is 102 Å². The molecule has 4 rings (SSSR count). The standard InChI is InChI=1S/C28H24N2O4/c1-33-28-22(5-4-7-27(28)34-19-23-6-2-3-15-29-23)11-13-25(32)18-24(31)12-9-20-8-10-21-14-16-30-26(21)17-20/h2-17,30H,18-19H2,1H3. The number of rotatable bonds is 10. The van der Waals surface area contributed by atoms with E-state index in [0.717, 1.165) is 22.2 Å². The molecule has 0 aliphatic carbocycles. The molecule has 0 aliphatic rings. The van der Waals surface area contributed by atoms with Gasteiger partial charge in [-0.1, -0.05) is 36.4 Å². The zero-order valence-corrected chi connectivity index (χ0v) is 18.7. The van der Waals surface area contributed by atoms with Crippen molar-refractivity contribution in [1.82, 2.24) is 9.97 Å². The number of methoxy groups -OCH3 is 1. The van der Waals surface area contributed by atoms with Crippen molar-refractivity contribution >= 4 is 34.6 Å². The number of nitrogens with zero attached hydrogens (tertiary/aromatic N) is 1. The highest BCUT2D eigenvalue weighted by Gasteiger charge is 2.10. The van der Waals surface area contributed by atoms with Crippen LogP contribution >= 0.6 is 0 Å². The molecule has 6 nitrogen and oxygen atoms in total. The van der Waals surface area contributed by atoms with E-state index in [0.29, 0.717) is 23.7 Å². The first kappa shape index (κ1) is 22.7. The number of fused-ring (bicyclic) bond motifs is 1. The minimum atomic E-state index is -0.295. The first-order valence-electron chi connectivity index (χ1n) is 10.8. The molecule has 2 aromatic heterocycles. The van der Waals surface area contributed by atoms with Crippen molar-refractivity contribution in [2.24, 2.45) is 0 Å². The van der Waals surface area contributed by atoms with Crippen LogP contribution in [0.5, 0.6) is 11.5 Å². The molecule has 4 aromatic rings. The molecule has 2 heterocycles. The second kappa shape index (κ2) is 10.9. The van der Waals surface area contributed by atoms with Crippen LogP contribution in [0.3, 0.4) is 0 Å². The lowest BCUT2D eigenvalue weighted by Crippen LogP contribution is -2.02. The summed E-state index contributed by atoms with van der Waals surface area (Å²) < 4.78 is 11.4. The Morgan fingerprint density at radius 1 is 0.971 bits per heavy atom. The summed E-state index contributed by atoms with van der Waals surface area (Å²) >= 11 is 0. The van der Waals surface area contributed by atoms with Crippen molar-refractivity contribution < 1.29 is 19.1 Å². The van der Waals surface area contributed by atoms with E-state index in [2.05, 4.69) is 9.97 Å². The number of carbonyl (C=O) groups is 2. The van der Waals surface area contributed by atoms with E-state index in [-0.39, 0.29) is 18.0 Å². The van der Waals surface area contributed by atoms with Gasteiger partial charge in [0.05, 0.1) is 19.2 Å². The van der Waals surface area contributed by atoms with Crippen molar-refractivity contribution in [3.8, 4) is 11.5 Å². The summed E-state index contributed by atoms with van der Waals surface area (Å²) in [7, 11) is 1.54. The zero-order valence-electron chi connectivity index (χ0n) is 18.7. The number of ether oxygens (including phenoxy) is 2. The Labute approximate surface area is 197 Å². The van der Waals surface area contributed by atoms with E-state index in [1.54, 1.807) is 31.5 Å². The lowest BCUT2D eigenvalue weighted by Gasteiger charge is -2.12. The number of benzene rings is 2. The van der Waals surface area contributed by atoms with Crippen LogP contribution in [-0.4, -0.2) is 28.6 Å². The fourth-order valence-corrected chi connectivity index (χ4v) is 3.46. The van der Waals surface area contributed by atoms with Gasteiger partial charge in [-0.05, 0) is 59.5 Å². The van der Waals surface area contributed by atoms with Gasteiger partial charge in [-0.3, -0.25) is 14.6 Å². The second-order valence-electron chi connectivity index (χ2n) is 7.59. The van der Waals surface area contributed by atoms with E-state index in [4.69, 9.17) is 9.47 Å². The number of hydrogen-bond acceptors (Lipinski definition) is 5. The molecule has 2 aromatic carbocycles. The number of allylic oxidation sites excluding steroid dienone is 2. The molecule has 34 heavy (non-hydrogen) atoms. The number of aromatic amines is 1. The highest BCUT2D eigenvalue weighted by molar-refractivity contribution is 6.11. The highest BCUT2D eigenvalue weighted by atomic mass is 16.5. The van der Waals surface area contributed by atoms with Crippen LogP contribution in [0.25, 0.3) is 23.1 Å². The highest BCUT2D eigenvalue weighted by Crippen LogP contribution is 2.32. The van der Waals surface area contributed by atoms with Crippen LogP contribution in [0.1, 0.15) is 23.2 Å². The average molecular weight is 453 g/mol. The third-order valence-electron chi connectivity index (χ3n) is 5.15. The van der Waals surface area contributed by atoms with Crippen LogP contribution in [0.2, 0.25) is 0 Å². The third kappa shape index (κ3) is 5.86. The number of nitrogens with one attached hydrogen (secondary N) is 1. The van der Waals surface area contributed by atoms with Gasteiger partial charge in [0.2, 0.25) is 0 Å². The number of H-pyrrole nitrogens is 1. The molecule has 0 aliphatic heterocycles. The minimum absolute atomic E-state index is 0.212. The molecule has 0 fully saturated rings. The summed E-state index contributed by atoms with van der Waals surface area (Å²) in [6.45, 7) is 0.293. The molecule has 170 valence electrons. The number of ketones is 2. The monoisotopic (exact) mass is 452 g/mol. The first-order chi connectivity index (χ1) is 16.6. The maximum atomic E-state index is 12.3. The minimum Gasteiger partial charge on any atom is -0.492 e. The molecule has 0 saturated heterocycles. The van der Waals surface area contributed by atoms with Gasteiger partial charge < -0.3 is 14.5 Å². The molecule has 0 atom stereocenters. The second-order valence-corrected chi connectivity index (χ2v) is 7.59. The molecule has 0 unspecified atom stereocenters. The maximum Gasteiger partial charge on any atom is 0.167 e. The molecule has 0 radical (unpaired) electrons. The molecule has 1 N–H and O–H groups in total. The smallest absolute Gasteiger partial charge is 0.167 e. The van der Waals surface area contributed by atoms with Gasteiger partial charge in [0, 0.05) is 23.5 Å². The van der Waals surface area contributed by atoms with Gasteiger partial charge in [0.25, 0.3) is 0 Å². The van der Waals surface area contributed by atoms with E-state index in [9.17, 15) is 9.59 Å². The van der Waals surface area contributed by atoms with Gasteiger partial charge in [0.15, 0.2) is 23.1 Å². The quantitative estimate of drug-likeness (QED) is 0.257. The largest absolute Gasteiger partial charge is 0.492 e. The number of carbonyl (C=O) groups excluding carboxylic acids is 2. The van der Waals surface area contributed by atoms with Crippen LogP contribution in [-0.2, 0) is 16.2 Å². The number of para-hydroxylation sites is 1. The summed E-state index contributed by atoms with van der Waals surface area (Å²) in [6, 6.07) is 18.9. The fraction of sp³-hybridized carbons (Fsp3) is 0.107. The maximum absolute atomic E-state index is 12.3. The molecule has 0 bridgehead atoms. The van der Waals surface area contributed by atoms with E-state index in [1.165, 1.54) is 12.2 Å². The van der Waals surface area contributed by atoms with Crippen LogP contribution in [0.15, 0.2) is 85.2 Å². The molecular formula is C28H24N2O4. The normalized spacial score (nSPS) is 11.3. The lowest BCUT2D eigenvalue weighted by molar-refractivity contribution is -0.121. The Balaban J connectivity index is 1.37. The van der Waals surface area contributed by atoms with Gasteiger partial charge >= 0.3 is 0 Å². The van der Waals surface area contributed by atoms with Gasteiger partial charge in [-0.25, -0.2) is 0 Å². The number of hydrogen-bond donors (Lipinski definition) is 1. The third-order valence-corrected chi connectivity index (χ3v) is 5.15. The summed E-state index contributed by atoms with van der Waals surface area (Å²) in [5.41, 5.74) is 3.35. The lowest BCUT2D eigenvalue weighted by atomic mass is 10.1. The first-order valence-corrected chi connectivity index (χ1v) is 10.8. The number of aromatic nitrogens is 2. The molecule has 0 amide bonds. The Kier molecular flexibility index (Phi) is 7.30. The predicted octanol–water partition coefficient (Wildman–Crippen LogP) is 5.41. The van der Waals surface area contributed by atoms with Crippen molar-refractivity contribution in [2.75, 3.05) is 7.11 Å². The van der Waals surface area contributed by atoms with Crippen molar-refractivity contribution in [3.63, 3.8) is 0 Å². The summed E-state index contributed by atoms with van der Waals surface area (Å²) in [5, 5.41) is 1.10. The van der Waals surface area contributed by atoms with Crippen LogP contribution in [0.4, 0.5) is 0 Å². The van der Waals surface area contributed by atoms with E-state index < -0.39 is 0 Å². The van der Waals surface area contributed by atoms with Crippen LogP contribution in [0, 0.1) is 0 Å². The Bertz CT molecular complexity index is 1350. The number of pyridine rings is 1. The molecule has 0 saturated carbocycles. The summed E-state index contributed by atoms with van der Waals surface area (Å²) in [4.78, 5) is 32.0. The zero-order chi connectivity index (χ0) is 23.8.